The average Bonchev–Trinajstić information content (AvgIpc) is 2.46. The smallest absolute Gasteiger partial charge is 0.130 e. The van der Waals surface area contributed by atoms with Gasteiger partial charge in [-0.1, -0.05) is 25.1 Å². The summed E-state index contributed by atoms with van der Waals surface area (Å²) in [5.74, 6) is 0.710. The molecule has 1 N–H and O–H groups in total. The zero-order valence-electron chi connectivity index (χ0n) is 10.7. The van der Waals surface area contributed by atoms with Crippen LogP contribution in [0.1, 0.15) is 30.7 Å². The summed E-state index contributed by atoms with van der Waals surface area (Å²) < 4.78 is 6.69. The Balaban J connectivity index is 2.09. The van der Waals surface area contributed by atoms with Gasteiger partial charge in [-0.25, -0.2) is 0 Å². The van der Waals surface area contributed by atoms with Crippen LogP contribution < -0.4 is 4.74 Å². The zero-order valence-corrected chi connectivity index (χ0v) is 12.3. The van der Waals surface area contributed by atoms with E-state index >= 15 is 0 Å². The van der Waals surface area contributed by atoms with Gasteiger partial charge in [0.15, 0.2) is 0 Å². The average molecular weight is 322 g/mol. The molecule has 3 nitrogen and oxygen atoms in total. The van der Waals surface area contributed by atoms with Crippen molar-refractivity contribution in [3.63, 3.8) is 0 Å². The van der Waals surface area contributed by atoms with Gasteiger partial charge < -0.3 is 9.84 Å². The van der Waals surface area contributed by atoms with E-state index in [2.05, 4.69) is 20.9 Å². The van der Waals surface area contributed by atoms with Crippen molar-refractivity contribution < 1.29 is 9.84 Å². The lowest BCUT2D eigenvalue weighted by atomic mass is 10.1. The quantitative estimate of drug-likeness (QED) is 0.909. The second-order valence-corrected chi connectivity index (χ2v) is 5.13. The number of benzene rings is 1. The molecule has 4 heteroatoms. The number of aliphatic hydroxyl groups excluding tert-OH is 1. The Bertz CT molecular complexity index is 528. The predicted molar refractivity (Wildman–Crippen MR) is 78.0 cm³/mol. The Morgan fingerprint density at radius 2 is 2.05 bits per heavy atom. The van der Waals surface area contributed by atoms with E-state index in [1.165, 1.54) is 0 Å². The first-order chi connectivity index (χ1) is 9.20. The van der Waals surface area contributed by atoms with Crippen molar-refractivity contribution in [1.82, 2.24) is 4.98 Å². The van der Waals surface area contributed by atoms with Crippen LogP contribution in [0.5, 0.6) is 5.75 Å². The Kier molecular flexibility index (Phi) is 4.93. The molecular formula is C15H16BrNO2. The summed E-state index contributed by atoms with van der Waals surface area (Å²) in [6.45, 7) is 2.33. The van der Waals surface area contributed by atoms with Gasteiger partial charge in [-0.2, -0.15) is 0 Å². The van der Waals surface area contributed by atoms with Crippen molar-refractivity contribution in [3.8, 4) is 5.75 Å². The highest BCUT2D eigenvalue weighted by molar-refractivity contribution is 9.10. The summed E-state index contributed by atoms with van der Waals surface area (Å²) in [5, 5.41) is 9.94. The number of hydrogen-bond acceptors (Lipinski definition) is 3. The Labute approximate surface area is 121 Å². The number of rotatable bonds is 5. The highest BCUT2D eigenvalue weighted by Crippen LogP contribution is 2.27. The molecule has 1 aromatic heterocycles. The van der Waals surface area contributed by atoms with Crippen LogP contribution in [0.3, 0.4) is 0 Å². The molecule has 0 aliphatic heterocycles. The van der Waals surface area contributed by atoms with Crippen LogP contribution in [0.4, 0.5) is 0 Å². The maximum absolute atomic E-state index is 9.94. The monoisotopic (exact) mass is 321 g/mol. The number of aliphatic hydroxyl groups is 1. The number of halogens is 1. The van der Waals surface area contributed by atoms with Crippen LogP contribution in [0.15, 0.2) is 47.1 Å². The van der Waals surface area contributed by atoms with E-state index < -0.39 is 6.10 Å². The summed E-state index contributed by atoms with van der Waals surface area (Å²) in [4.78, 5) is 4.25. The molecule has 0 aliphatic rings. The number of aromatic nitrogens is 1. The van der Waals surface area contributed by atoms with Crippen molar-refractivity contribution in [2.24, 2.45) is 0 Å². The van der Waals surface area contributed by atoms with Crippen LogP contribution in [0, 0.1) is 0 Å². The number of nitrogens with zero attached hydrogens (tertiary/aromatic N) is 1. The first-order valence-electron chi connectivity index (χ1n) is 6.21. The van der Waals surface area contributed by atoms with Crippen LogP contribution in [0.25, 0.3) is 0 Å². The third-order valence-electron chi connectivity index (χ3n) is 2.83. The van der Waals surface area contributed by atoms with Crippen LogP contribution in [-0.2, 0) is 6.61 Å². The second-order valence-electron chi connectivity index (χ2n) is 4.22. The molecule has 0 spiro atoms. The van der Waals surface area contributed by atoms with Crippen LogP contribution in [0.2, 0.25) is 0 Å². The van der Waals surface area contributed by atoms with E-state index in [4.69, 9.17) is 4.74 Å². The third-order valence-corrected chi connectivity index (χ3v) is 3.30. The fraction of sp³-hybridized carbons (Fsp3) is 0.267. The van der Waals surface area contributed by atoms with Gasteiger partial charge in [-0.05, 0) is 40.5 Å². The van der Waals surface area contributed by atoms with Gasteiger partial charge in [-0.3, -0.25) is 4.98 Å². The van der Waals surface area contributed by atoms with E-state index in [0.717, 1.165) is 15.7 Å². The van der Waals surface area contributed by atoms with Gasteiger partial charge in [0.25, 0.3) is 0 Å². The lowest BCUT2D eigenvalue weighted by molar-refractivity contribution is 0.166. The summed E-state index contributed by atoms with van der Waals surface area (Å²) in [5.41, 5.74) is 1.67. The van der Waals surface area contributed by atoms with Gasteiger partial charge in [-0.15, -0.1) is 0 Å². The summed E-state index contributed by atoms with van der Waals surface area (Å²) in [6, 6.07) is 11.4. The Morgan fingerprint density at radius 1 is 1.26 bits per heavy atom. The van der Waals surface area contributed by atoms with Crippen molar-refractivity contribution in [2.75, 3.05) is 0 Å². The van der Waals surface area contributed by atoms with E-state index in [1.807, 2.05) is 43.3 Å². The maximum atomic E-state index is 9.94. The molecular weight excluding hydrogens is 306 g/mol. The molecule has 0 fully saturated rings. The minimum Gasteiger partial charge on any atom is -0.487 e. The molecule has 0 saturated heterocycles. The predicted octanol–water partition coefficient (Wildman–Crippen LogP) is 3.87. The first kappa shape index (κ1) is 14.0. The van der Waals surface area contributed by atoms with Gasteiger partial charge in [0, 0.05) is 16.2 Å². The van der Waals surface area contributed by atoms with E-state index in [9.17, 15) is 5.11 Å². The normalized spacial score (nSPS) is 12.2. The molecule has 0 radical (unpaired) electrons. The molecule has 2 rings (SSSR count). The topological polar surface area (TPSA) is 42.4 Å². The molecule has 0 saturated carbocycles. The van der Waals surface area contributed by atoms with Crippen LogP contribution in [-0.4, -0.2) is 10.1 Å². The number of ether oxygens (including phenoxy) is 1. The second kappa shape index (κ2) is 6.68. The number of hydrogen-bond donors (Lipinski definition) is 1. The molecule has 2 aromatic rings. The Hall–Kier alpha value is -1.39. The molecule has 0 amide bonds. The van der Waals surface area contributed by atoms with Gasteiger partial charge in [0.05, 0.1) is 11.8 Å². The molecule has 100 valence electrons. The first-order valence-corrected chi connectivity index (χ1v) is 7.00. The van der Waals surface area contributed by atoms with Crippen molar-refractivity contribution in [3.05, 3.63) is 58.3 Å². The van der Waals surface area contributed by atoms with Gasteiger partial charge in [0.1, 0.15) is 12.4 Å². The van der Waals surface area contributed by atoms with Gasteiger partial charge >= 0.3 is 0 Å². The van der Waals surface area contributed by atoms with E-state index in [1.54, 1.807) is 6.20 Å². The standard InChI is InChI=1S/C15H16BrNO2/c1-2-14(18)13-5-3-4-6-15(13)19-10-12-8-7-11(16)9-17-12/h3-9,14,18H,2,10H2,1H3/t14-/m1/s1. The van der Waals surface area contributed by atoms with Crippen LogP contribution >= 0.6 is 15.9 Å². The number of pyridine rings is 1. The SMILES string of the molecule is CC[C@@H](O)c1ccccc1OCc1ccc(Br)cn1. The summed E-state index contributed by atoms with van der Waals surface area (Å²) >= 11 is 3.35. The number of para-hydroxylation sites is 1. The Morgan fingerprint density at radius 3 is 2.74 bits per heavy atom. The molecule has 19 heavy (non-hydrogen) atoms. The fourth-order valence-corrected chi connectivity index (χ4v) is 1.99. The molecule has 0 aliphatic carbocycles. The largest absolute Gasteiger partial charge is 0.487 e. The van der Waals surface area contributed by atoms with E-state index in [-0.39, 0.29) is 0 Å². The van der Waals surface area contributed by atoms with Crippen molar-refractivity contribution in [1.29, 1.82) is 0 Å². The molecule has 1 heterocycles. The lowest BCUT2D eigenvalue weighted by Gasteiger charge is -2.14. The summed E-state index contributed by atoms with van der Waals surface area (Å²) in [7, 11) is 0. The minimum absolute atomic E-state index is 0.390. The maximum Gasteiger partial charge on any atom is 0.130 e. The fourth-order valence-electron chi connectivity index (χ4n) is 1.75. The van der Waals surface area contributed by atoms with E-state index in [0.29, 0.717) is 18.8 Å². The van der Waals surface area contributed by atoms with Gasteiger partial charge in [0.2, 0.25) is 0 Å². The molecule has 0 bridgehead atoms. The molecule has 0 unspecified atom stereocenters. The van der Waals surface area contributed by atoms with Crippen molar-refractivity contribution in [2.45, 2.75) is 26.1 Å². The third kappa shape index (κ3) is 3.78. The highest BCUT2D eigenvalue weighted by Gasteiger charge is 2.11. The molecule has 1 atom stereocenters. The zero-order chi connectivity index (χ0) is 13.7. The molecule has 1 aromatic carbocycles. The summed E-state index contributed by atoms with van der Waals surface area (Å²) in [6.07, 6.45) is 1.91. The lowest BCUT2D eigenvalue weighted by Crippen LogP contribution is -2.03. The van der Waals surface area contributed by atoms with Crippen molar-refractivity contribution >= 4 is 15.9 Å². The highest BCUT2D eigenvalue weighted by atomic mass is 79.9. The minimum atomic E-state index is -0.492.